The van der Waals surface area contributed by atoms with Crippen LogP contribution in [0, 0.1) is 0 Å². The number of hydrogen-bond donors (Lipinski definition) is 0. The Balaban J connectivity index is 1.05. The zero-order chi connectivity index (χ0) is 43.6. The molecule has 0 aromatic heterocycles. The first-order valence-electron chi connectivity index (χ1n) is 22.9. The maximum atomic E-state index is 2.59. The van der Waals surface area contributed by atoms with E-state index in [-0.39, 0.29) is 0 Å². The van der Waals surface area contributed by atoms with Crippen molar-refractivity contribution in [3.8, 4) is 22.3 Å². The summed E-state index contributed by atoms with van der Waals surface area (Å²) in [4.78, 5) is 5.11. The van der Waals surface area contributed by atoms with E-state index in [1.807, 2.05) is 11.8 Å². The van der Waals surface area contributed by atoms with Crippen LogP contribution in [0.5, 0.6) is 0 Å². The van der Waals surface area contributed by atoms with Crippen LogP contribution in [0.25, 0.3) is 43.8 Å². The largest absolute Gasteiger partial charge is 0.309 e. The van der Waals surface area contributed by atoms with Crippen LogP contribution in [-0.2, 0) is 5.41 Å². The predicted octanol–water partition coefficient (Wildman–Crippen LogP) is 14.2. The molecular weight excluding hydrogens is 831 g/mol. The Morgan fingerprint density at radius 3 is 1.65 bits per heavy atom. The lowest BCUT2D eigenvalue weighted by Gasteiger charge is -2.48. The van der Waals surface area contributed by atoms with Gasteiger partial charge < -0.3 is 4.90 Å². The van der Waals surface area contributed by atoms with Crippen molar-refractivity contribution >= 4 is 74.7 Å². The number of fused-ring (bicyclic) bond motifs is 10. The predicted molar refractivity (Wildman–Crippen MR) is 282 cm³/mol. The van der Waals surface area contributed by atoms with Crippen molar-refractivity contribution in [2.24, 2.45) is 0 Å². The van der Waals surface area contributed by atoms with E-state index in [9.17, 15) is 0 Å². The number of rotatable bonds is 6. The molecule has 1 nitrogen and oxygen atoms in total. The van der Waals surface area contributed by atoms with E-state index >= 15 is 0 Å². The molecule has 13 rings (SSSR count). The van der Waals surface area contributed by atoms with Gasteiger partial charge >= 0.3 is 0 Å². The monoisotopic (exact) mass is 873 g/mol. The highest BCUT2D eigenvalue weighted by Crippen LogP contribution is 2.56. The Kier molecular flexibility index (Phi) is 9.26. The molecule has 2 aliphatic rings. The molecule has 0 saturated heterocycles. The maximum Gasteiger partial charge on any atom is 0.133 e. The van der Waals surface area contributed by atoms with Crippen molar-refractivity contribution in [2.75, 3.05) is 4.90 Å². The van der Waals surface area contributed by atoms with Gasteiger partial charge in [-0.25, -0.2) is 0 Å². The molecule has 2 aliphatic heterocycles. The average Bonchev–Trinajstić information content (AvgIpc) is 3.39. The molecule has 0 fully saturated rings. The molecule has 0 aliphatic carbocycles. The third-order valence-corrected chi connectivity index (χ3v) is 18.5. The van der Waals surface area contributed by atoms with Crippen molar-refractivity contribution in [1.82, 2.24) is 0 Å². The van der Waals surface area contributed by atoms with Gasteiger partial charge in [-0.3, -0.25) is 0 Å². The number of benzene rings is 11. The Morgan fingerprint density at radius 2 is 0.894 bits per heavy atom. The second-order valence-electron chi connectivity index (χ2n) is 17.5. The fourth-order valence-electron chi connectivity index (χ4n) is 11.3. The molecule has 11 aromatic rings. The van der Waals surface area contributed by atoms with Crippen molar-refractivity contribution in [2.45, 2.75) is 15.2 Å². The van der Waals surface area contributed by atoms with Crippen molar-refractivity contribution < 1.29 is 0 Å². The summed E-state index contributed by atoms with van der Waals surface area (Å²) in [6.45, 7) is 0. The van der Waals surface area contributed by atoms with E-state index in [4.69, 9.17) is 0 Å². The molecule has 66 heavy (non-hydrogen) atoms. The van der Waals surface area contributed by atoms with Gasteiger partial charge in [0.05, 0.1) is 16.8 Å². The molecule has 1 unspecified atom stereocenters. The fraction of sp³-hybridized carbons (Fsp3) is 0.0159. The van der Waals surface area contributed by atoms with Crippen molar-refractivity contribution in [1.29, 1.82) is 0 Å². The zero-order valence-corrected chi connectivity index (χ0v) is 38.2. The fourth-order valence-corrected chi connectivity index (χ4v) is 15.9. The molecule has 0 amide bonds. The lowest BCUT2D eigenvalue weighted by atomic mass is 9.64. The molecule has 3 heteroatoms. The summed E-state index contributed by atoms with van der Waals surface area (Å²) < 4.78 is 0. The summed E-state index contributed by atoms with van der Waals surface area (Å²) in [7, 11) is -1.92. The van der Waals surface area contributed by atoms with Gasteiger partial charge in [-0.1, -0.05) is 229 Å². The van der Waals surface area contributed by atoms with E-state index in [2.05, 4.69) is 260 Å². The first-order valence-corrected chi connectivity index (χ1v) is 25.4. The van der Waals surface area contributed by atoms with Gasteiger partial charge in [-0.15, -0.1) is 0 Å². The van der Waals surface area contributed by atoms with Crippen molar-refractivity contribution in [3.05, 3.63) is 277 Å². The molecule has 0 saturated carbocycles. The first kappa shape index (κ1) is 38.7. The highest BCUT2D eigenvalue weighted by molar-refractivity contribution is 7.99. The van der Waals surface area contributed by atoms with Crippen LogP contribution in [0.4, 0.5) is 17.1 Å². The molecule has 1 spiro atoms. The summed E-state index contributed by atoms with van der Waals surface area (Å²) >= 11 is 1.91. The quantitative estimate of drug-likeness (QED) is 0.153. The van der Waals surface area contributed by atoms with Crippen LogP contribution in [0.2, 0.25) is 0 Å². The number of anilines is 3. The second-order valence-corrected chi connectivity index (χ2v) is 21.4. The van der Waals surface area contributed by atoms with Gasteiger partial charge in [0.1, 0.15) is 8.80 Å². The van der Waals surface area contributed by atoms with E-state index in [1.54, 1.807) is 0 Å². The highest BCUT2D eigenvalue weighted by Gasteiger charge is 2.50. The Hall–Kier alpha value is -7.69. The normalized spacial score (nSPS) is 14.3. The lowest BCUT2D eigenvalue weighted by Crippen LogP contribution is -2.62. The molecule has 310 valence electrons. The number of hydrogen-bond acceptors (Lipinski definition) is 2. The minimum absolute atomic E-state index is 0.495. The SMILES string of the molecule is c1ccc(-c2ccc(N(c3cccc4ccccc34)c3ccc(-c4ccc5c(c4)C4(c6ccccc6Sc6ccccc64)c4ccccc4[SiH]5c4ccccc4)c4ccccc34)cc2)cc1. The van der Waals surface area contributed by atoms with Crippen LogP contribution < -0.4 is 20.5 Å². The molecule has 1 atom stereocenters. The topological polar surface area (TPSA) is 3.24 Å². The van der Waals surface area contributed by atoms with E-state index < -0.39 is 14.2 Å². The van der Waals surface area contributed by atoms with E-state index in [1.165, 1.54) is 91.4 Å². The van der Waals surface area contributed by atoms with Crippen LogP contribution in [0.3, 0.4) is 0 Å². The minimum atomic E-state index is -1.92. The molecule has 11 aromatic carbocycles. The first-order chi connectivity index (χ1) is 32.8. The minimum Gasteiger partial charge on any atom is -0.309 e. The Bertz CT molecular complexity index is 3590. The summed E-state index contributed by atoms with van der Waals surface area (Å²) in [6, 6.07) is 95.5. The second kappa shape index (κ2) is 15.8. The standard InChI is InChI=1S/C63H43NSSi/c1-3-18-43(19-4-1)44-34-37-47(38-35-44)64(57-30-17-21-45-20-7-8-24-50(45)57)58-40-39-49(51-25-9-10-26-52(51)58)46-36-41-62-56(42-46)63(53-27-11-14-31-59(53)65-60-32-15-12-28-54(60)63)55-29-13-16-33-61(55)66(62)48-22-5-2-6-23-48/h1-42,66H. The zero-order valence-electron chi connectivity index (χ0n) is 36.2. The number of nitrogens with zero attached hydrogens (tertiary/aromatic N) is 1. The van der Waals surface area contributed by atoms with Crippen LogP contribution in [0.15, 0.2) is 265 Å². The Labute approximate surface area is 391 Å². The summed E-state index contributed by atoms with van der Waals surface area (Å²) in [6.07, 6.45) is 0. The van der Waals surface area contributed by atoms with Crippen LogP contribution in [-0.4, -0.2) is 8.80 Å². The molecular formula is C63H43NSSi. The Morgan fingerprint density at radius 1 is 0.348 bits per heavy atom. The third kappa shape index (κ3) is 6.01. The van der Waals surface area contributed by atoms with Gasteiger partial charge in [0.25, 0.3) is 0 Å². The molecule has 0 N–H and O–H groups in total. The highest BCUT2D eigenvalue weighted by atomic mass is 32.2. The van der Waals surface area contributed by atoms with Gasteiger partial charge in [-0.05, 0) is 108 Å². The smallest absolute Gasteiger partial charge is 0.133 e. The van der Waals surface area contributed by atoms with Crippen LogP contribution >= 0.6 is 11.8 Å². The van der Waals surface area contributed by atoms with Gasteiger partial charge in [-0.2, -0.15) is 0 Å². The molecule has 0 bridgehead atoms. The van der Waals surface area contributed by atoms with Gasteiger partial charge in [0.2, 0.25) is 0 Å². The summed E-state index contributed by atoms with van der Waals surface area (Å²) in [5, 5.41) is 9.29. The molecule has 2 heterocycles. The van der Waals surface area contributed by atoms with E-state index in [0.717, 1.165) is 17.1 Å². The maximum absolute atomic E-state index is 2.59. The third-order valence-electron chi connectivity index (χ3n) is 14.1. The summed E-state index contributed by atoms with van der Waals surface area (Å²) in [5.41, 5.74) is 13.3. The van der Waals surface area contributed by atoms with Gasteiger partial charge in [0.15, 0.2) is 0 Å². The van der Waals surface area contributed by atoms with Crippen LogP contribution in [0.1, 0.15) is 22.3 Å². The summed E-state index contributed by atoms with van der Waals surface area (Å²) in [5.74, 6) is 0. The van der Waals surface area contributed by atoms with E-state index in [0.29, 0.717) is 0 Å². The molecule has 0 radical (unpaired) electrons. The average molecular weight is 874 g/mol. The van der Waals surface area contributed by atoms with Gasteiger partial charge in [0, 0.05) is 26.3 Å². The lowest BCUT2D eigenvalue weighted by molar-refractivity contribution is 0.708. The van der Waals surface area contributed by atoms with Crippen molar-refractivity contribution in [3.63, 3.8) is 0 Å².